The van der Waals surface area contributed by atoms with Crippen molar-refractivity contribution >= 4 is 11.8 Å². The van der Waals surface area contributed by atoms with Crippen molar-refractivity contribution < 1.29 is 9.59 Å². The van der Waals surface area contributed by atoms with Crippen LogP contribution < -0.4 is 10.6 Å². The molecule has 0 spiro atoms. The van der Waals surface area contributed by atoms with Crippen LogP contribution in [0.25, 0.3) is 0 Å². The highest BCUT2D eigenvalue weighted by Crippen LogP contribution is 2.18. The highest BCUT2D eigenvalue weighted by Gasteiger charge is 2.16. The molecule has 1 aromatic carbocycles. The summed E-state index contributed by atoms with van der Waals surface area (Å²) in [5.41, 5.74) is 2.08. The molecule has 2 aromatic rings. The van der Waals surface area contributed by atoms with Crippen LogP contribution in [0.15, 0.2) is 48.8 Å². The number of carbonyl (C=O) groups excluding carboxylic acids is 2. The number of carbonyl (C=O) groups is 2. The Labute approximate surface area is 147 Å². The van der Waals surface area contributed by atoms with E-state index in [1.807, 2.05) is 12.1 Å². The van der Waals surface area contributed by atoms with E-state index in [1.54, 1.807) is 36.7 Å². The highest BCUT2D eigenvalue weighted by molar-refractivity contribution is 5.97. The van der Waals surface area contributed by atoms with E-state index in [1.165, 1.54) is 19.3 Å². The summed E-state index contributed by atoms with van der Waals surface area (Å²) < 4.78 is 0. The Bertz CT molecular complexity index is 707. The minimum absolute atomic E-state index is 0.0609. The quantitative estimate of drug-likeness (QED) is 0.881. The second-order valence-corrected chi connectivity index (χ2v) is 6.43. The van der Waals surface area contributed by atoms with Crippen LogP contribution in [0.3, 0.4) is 0 Å². The zero-order valence-electron chi connectivity index (χ0n) is 14.2. The first-order chi connectivity index (χ1) is 12.2. The summed E-state index contributed by atoms with van der Waals surface area (Å²) in [5.74, 6) is -0.225. The van der Waals surface area contributed by atoms with Gasteiger partial charge in [0.25, 0.3) is 11.8 Å². The van der Waals surface area contributed by atoms with E-state index in [-0.39, 0.29) is 17.9 Å². The molecule has 0 atom stereocenters. The lowest BCUT2D eigenvalue weighted by atomic mass is 9.95. The predicted molar refractivity (Wildman–Crippen MR) is 96.2 cm³/mol. The fraction of sp³-hybridized carbons (Fsp3) is 0.350. The summed E-state index contributed by atoms with van der Waals surface area (Å²) in [6.45, 7) is 0.427. The van der Waals surface area contributed by atoms with Crippen molar-refractivity contribution in [3.05, 3.63) is 65.5 Å². The van der Waals surface area contributed by atoms with Gasteiger partial charge in [-0.2, -0.15) is 0 Å². The molecule has 0 aliphatic heterocycles. The summed E-state index contributed by atoms with van der Waals surface area (Å²) in [6.07, 6.45) is 9.15. The van der Waals surface area contributed by atoms with Gasteiger partial charge in [-0.3, -0.25) is 14.6 Å². The summed E-state index contributed by atoms with van der Waals surface area (Å²) in [7, 11) is 0. The van der Waals surface area contributed by atoms with E-state index >= 15 is 0 Å². The fourth-order valence-electron chi connectivity index (χ4n) is 3.08. The second-order valence-electron chi connectivity index (χ2n) is 6.43. The van der Waals surface area contributed by atoms with Crippen LogP contribution >= 0.6 is 0 Å². The van der Waals surface area contributed by atoms with E-state index < -0.39 is 0 Å². The SMILES string of the molecule is O=C(NCc1cccnc1)c1ccc(C(=O)NC2CCCCC2)cc1. The van der Waals surface area contributed by atoms with Gasteiger partial charge in [0.15, 0.2) is 0 Å². The summed E-state index contributed by atoms with van der Waals surface area (Å²) in [5, 5.41) is 5.93. The smallest absolute Gasteiger partial charge is 0.251 e. The Hall–Kier alpha value is -2.69. The molecule has 1 aromatic heterocycles. The van der Waals surface area contributed by atoms with Crippen molar-refractivity contribution in [1.29, 1.82) is 0 Å². The lowest BCUT2D eigenvalue weighted by molar-refractivity contribution is 0.0922. The van der Waals surface area contributed by atoms with Gasteiger partial charge in [-0.05, 0) is 48.7 Å². The van der Waals surface area contributed by atoms with Gasteiger partial charge < -0.3 is 10.6 Å². The summed E-state index contributed by atoms with van der Waals surface area (Å²) >= 11 is 0. The van der Waals surface area contributed by atoms with Crippen molar-refractivity contribution in [3.63, 3.8) is 0 Å². The van der Waals surface area contributed by atoms with Crippen molar-refractivity contribution in [3.8, 4) is 0 Å². The van der Waals surface area contributed by atoms with E-state index in [9.17, 15) is 9.59 Å². The lowest BCUT2D eigenvalue weighted by Crippen LogP contribution is -2.36. The molecule has 5 heteroatoms. The highest BCUT2D eigenvalue weighted by atomic mass is 16.2. The van der Waals surface area contributed by atoms with E-state index in [2.05, 4.69) is 15.6 Å². The molecule has 0 radical (unpaired) electrons. The molecule has 1 saturated carbocycles. The van der Waals surface area contributed by atoms with Crippen LogP contribution in [0.5, 0.6) is 0 Å². The van der Waals surface area contributed by atoms with Crippen molar-refractivity contribution in [2.24, 2.45) is 0 Å². The van der Waals surface area contributed by atoms with Gasteiger partial charge in [0.1, 0.15) is 0 Å². The number of benzene rings is 1. The number of nitrogens with zero attached hydrogens (tertiary/aromatic N) is 1. The average Bonchev–Trinajstić information content (AvgIpc) is 2.68. The molecule has 2 N–H and O–H groups in total. The monoisotopic (exact) mass is 337 g/mol. The van der Waals surface area contributed by atoms with Crippen LogP contribution in [0.2, 0.25) is 0 Å². The number of rotatable bonds is 5. The maximum Gasteiger partial charge on any atom is 0.251 e. The van der Waals surface area contributed by atoms with Crippen LogP contribution in [0.1, 0.15) is 58.4 Å². The molecule has 5 nitrogen and oxygen atoms in total. The zero-order valence-corrected chi connectivity index (χ0v) is 14.2. The molecule has 3 rings (SSSR count). The van der Waals surface area contributed by atoms with Crippen LogP contribution in [0.4, 0.5) is 0 Å². The third-order valence-corrected chi connectivity index (χ3v) is 4.53. The molecule has 0 bridgehead atoms. The fourth-order valence-corrected chi connectivity index (χ4v) is 3.08. The van der Waals surface area contributed by atoms with Gasteiger partial charge in [0, 0.05) is 36.1 Å². The largest absolute Gasteiger partial charge is 0.349 e. The maximum absolute atomic E-state index is 12.3. The predicted octanol–water partition coefficient (Wildman–Crippen LogP) is 3.07. The van der Waals surface area contributed by atoms with Gasteiger partial charge in [0.2, 0.25) is 0 Å². The normalized spacial score (nSPS) is 14.7. The van der Waals surface area contributed by atoms with Crippen molar-refractivity contribution in [2.75, 3.05) is 0 Å². The Kier molecular flexibility index (Phi) is 5.77. The topological polar surface area (TPSA) is 71.1 Å². The number of aromatic nitrogens is 1. The molecular weight excluding hydrogens is 314 g/mol. The summed E-state index contributed by atoms with van der Waals surface area (Å²) in [6, 6.07) is 10.8. The molecule has 2 amide bonds. The van der Waals surface area contributed by atoms with Gasteiger partial charge in [-0.1, -0.05) is 25.3 Å². The molecular formula is C20H23N3O2. The first-order valence-electron chi connectivity index (χ1n) is 8.80. The Morgan fingerprint density at radius 2 is 1.64 bits per heavy atom. The minimum Gasteiger partial charge on any atom is -0.349 e. The summed E-state index contributed by atoms with van der Waals surface area (Å²) in [4.78, 5) is 28.5. The van der Waals surface area contributed by atoms with Crippen LogP contribution in [-0.4, -0.2) is 22.8 Å². The first kappa shape index (κ1) is 17.1. The van der Waals surface area contributed by atoms with Gasteiger partial charge in [-0.15, -0.1) is 0 Å². The number of pyridine rings is 1. The molecule has 1 aliphatic rings. The molecule has 25 heavy (non-hydrogen) atoms. The molecule has 1 aliphatic carbocycles. The molecule has 1 heterocycles. The van der Waals surface area contributed by atoms with E-state index in [0.29, 0.717) is 17.7 Å². The third-order valence-electron chi connectivity index (χ3n) is 4.53. The minimum atomic E-state index is -0.164. The van der Waals surface area contributed by atoms with Gasteiger partial charge in [-0.25, -0.2) is 0 Å². The molecule has 130 valence electrons. The van der Waals surface area contributed by atoms with Crippen LogP contribution in [0, 0.1) is 0 Å². The van der Waals surface area contributed by atoms with Crippen molar-refractivity contribution in [2.45, 2.75) is 44.7 Å². The van der Waals surface area contributed by atoms with E-state index in [4.69, 9.17) is 0 Å². The number of hydrogen-bond donors (Lipinski definition) is 2. The molecule has 0 unspecified atom stereocenters. The molecule has 0 saturated heterocycles. The molecule has 1 fully saturated rings. The maximum atomic E-state index is 12.3. The zero-order chi connectivity index (χ0) is 17.5. The average molecular weight is 337 g/mol. The third kappa shape index (κ3) is 4.89. The second kappa shape index (κ2) is 8.42. The van der Waals surface area contributed by atoms with E-state index in [0.717, 1.165) is 18.4 Å². The number of amides is 2. The number of nitrogens with one attached hydrogen (secondary N) is 2. The van der Waals surface area contributed by atoms with Crippen molar-refractivity contribution in [1.82, 2.24) is 15.6 Å². The lowest BCUT2D eigenvalue weighted by Gasteiger charge is -2.22. The Morgan fingerprint density at radius 3 is 2.28 bits per heavy atom. The van der Waals surface area contributed by atoms with Gasteiger partial charge in [0.05, 0.1) is 0 Å². The Balaban J connectivity index is 1.53. The Morgan fingerprint density at radius 1 is 0.960 bits per heavy atom. The van der Waals surface area contributed by atoms with Crippen LogP contribution in [-0.2, 0) is 6.54 Å². The standard InChI is InChI=1S/C20H23N3O2/c24-19(22-14-15-5-4-12-21-13-15)16-8-10-17(11-9-16)20(25)23-18-6-2-1-3-7-18/h4-5,8-13,18H,1-3,6-7,14H2,(H,22,24)(H,23,25). The van der Waals surface area contributed by atoms with Gasteiger partial charge >= 0.3 is 0 Å². The first-order valence-corrected chi connectivity index (χ1v) is 8.80. The number of hydrogen-bond acceptors (Lipinski definition) is 3.